The highest BCUT2D eigenvalue weighted by molar-refractivity contribution is 5.67. The van der Waals surface area contributed by atoms with Crippen molar-refractivity contribution in [3.63, 3.8) is 0 Å². The van der Waals surface area contributed by atoms with Crippen molar-refractivity contribution in [2.45, 2.75) is 39.7 Å². The van der Waals surface area contributed by atoms with Gasteiger partial charge in [0.2, 0.25) is 5.82 Å². The van der Waals surface area contributed by atoms with Gasteiger partial charge in [-0.3, -0.25) is 14.9 Å². The maximum atomic E-state index is 11.3. The zero-order valence-electron chi connectivity index (χ0n) is 14.7. The molecule has 0 aliphatic rings. The quantitative estimate of drug-likeness (QED) is 0.499. The van der Waals surface area contributed by atoms with Crippen molar-refractivity contribution in [1.82, 2.24) is 4.98 Å². The Morgan fingerprint density at radius 3 is 2.36 bits per heavy atom. The minimum Gasteiger partial charge on any atom is -0.461 e. The maximum Gasteiger partial charge on any atom is 0.311 e. The lowest BCUT2D eigenvalue weighted by molar-refractivity contribution is -0.384. The Balaban J connectivity index is 2.26. The molecule has 7 heteroatoms. The second-order valence-electron chi connectivity index (χ2n) is 6.67. The van der Waals surface area contributed by atoms with E-state index in [0.29, 0.717) is 5.69 Å². The van der Waals surface area contributed by atoms with Gasteiger partial charge in [0.1, 0.15) is 6.61 Å². The van der Waals surface area contributed by atoms with Crippen LogP contribution in [-0.2, 0) is 21.6 Å². The van der Waals surface area contributed by atoms with E-state index in [2.05, 4.69) is 10.3 Å². The number of pyridine rings is 1. The summed E-state index contributed by atoms with van der Waals surface area (Å²) >= 11 is 0. The van der Waals surface area contributed by atoms with Gasteiger partial charge in [0.05, 0.1) is 4.92 Å². The first-order chi connectivity index (χ1) is 11.7. The van der Waals surface area contributed by atoms with Crippen LogP contribution in [0.3, 0.4) is 0 Å². The summed E-state index contributed by atoms with van der Waals surface area (Å²) in [4.78, 5) is 26.0. The van der Waals surface area contributed by atoms with Crippen LogP contribution in [-0.4, -0.2) is 15.9 Å². The first-order valence-corrected chi connectivity index (χ1v) is 7.82. The number of benzene rings is 1. The third kappa shape index (κ3) is 5.00. The lowest BCUT2D eigenvalue weighted by Crippen LogP contribution is -2.14. The normalized spacial score (nSPS) is 11.0. The molecule has 0 radical (unpaired) electrons. The van der Waals surface area contributed by atoms with Crippen LogP contribution in [0.5, 0.6) is 0 Å². The molecular weight excluding hydrogens is 322 g/mol. The fourth-order valence-electron chi connectivity index (χ4n) is 2.11. The van der Waals surface area contributed by atoms with Crippen LogP contribution in [0.2, 0.25) is 0 Å². The van der Waals surface area contributed by atoms with Crippen molar-refractivity contribution in [2.24, 2.45) is 0 Å². The summed E-state index contributed by atoms with van der Waals surface area (Å²) in [6.45, 7) is 7.52. The van der Waals surface area contributed by atoms with E-state index in [1.54, 1.807) is 30.3 Å². The smallest absolute Gasteiger partial charge is 0.311 e. The van der Waals surface area contributed by atoms with Crippen molar-refractivity contribution < 1.29 is 14.5 Å². The van der Waals surface area contributed by atoms with Crippen molar-refractivity contribution in [3.8, 4) is 0 Å². The molecule has 0 aliphatic carbocycles. The molecular formula is C18H21N3O4. The molecule has 7 nitrogen and oxygen atoms in total. The number of nitro groups is 1. The minimum absolute atomic E-state index is 0.0861. The van der Waals surface area contributed by atoms with Gasteiger partial charge in [-0.15, -0.1) is 0 Å². The molecule has 0 bridgehead atoms. The van der Waals surface area contributed by atoms with Gasteiger partial charge in [0, 0.05) is 29.8 Å². The monoisotopic (exact) mass is 343 g/mol. The molecule has 0 unspecified atom stereocenters. The minimum atomic E-state index is -0.461. The van der Waals surface area contributed by atoms with Crippen molar-refractivity contribution in [2.75, 3.05) is 5.32 Å². The number of nitrogens with zero attached hydrogens (tertiary/aromatic N) is 2. The fraction of sp³-hybridized carbons (Fsp3) is 0.333. The summed E-state index contributed by atoms with van der Waals surface area (Å²) in [6.07, 6.45) is 0. The molecule has 0 amide bonds. The highest BCUT2D eigenvalue weighted by Crippen LogP contribution is 2.30. The predicted octanol–water partition coefficient (Wildman–Crippen LogP) is 4.09. The van der Waals surface area contributed by atoms with Crippen molar-refractivity contribution in [1.29, 1.82) is 0 Å². The van der Waals surface area contributed by atoms with Gasteiger partial charge < -0.3 is 10.1 Å². The van der Waals surface area contributed by atoms with E-state index in [4.69, 9.17) is 4.74 Å². The number of anilines is 2. The zero-order valence-corrected chi connectivity index (χ0v) is 14.7. The Bertz CT molecular complexity index is 780. The van der Waals surface area contributed by atoms with E-state index in [-0.39, 0.29) is 29.5 Å². The third-order valence-corrected chi connectivity index (χ3v) is 3.50. The number of carbonyl (C=O) groups excluding carboxylic acids is 1. The number of hydrogen-bond donors (Lipinski definition) is 1. The molecule has 0 spiro atoms. The van der Waals surface area contributed by atoms with Gasteiger partial charge in [0.25, 0.3) is 0 Å². The van der Waals surface area contributed by atoms with Crippen LogP contribution in [0, 0.1) is 10.1 Å². The molecule has 1 heterocycles. The summed E-state index contributed by atoms with van der Waals surface area (Å²) in [6, 6.07) is 10.2. The van der Waals surface area contributed by atoms with Crippen LogP contribution in [0.1, 0.15) is 39.0 Å². The van der Waals surface area contributed by atoms with E-state index in [9.17, 15) is 14.9 Å². The third-order valence-electron chi connectivity index (χ3n) is 3.50. The van der Waals surface area contributed by atoms with E-state index in [0.717, 1.165) is 11.3 Å². The van der Waals surface area contributed by atoms with E-state index < -0.39 is 4.92 Å². The lowest BCUT2D eigenvalue weighted by Gasteiger charge is -2.18. The molecule has 132 valence electrons. The van der Waals surface area contributed by atoms with Crippen LogP contribution in [0.4, 0.5) is 17.2 Å². The van der Waals surface area contributed by atoms with Crippen LogP contribution >= 0.6 is 0 Å². The summed E-state index contributed by atoms with van der Waals surface area (Å²) < 4.78 is 4.93. The van der Waals surface area contributed by atoms with Gasteiger partial charge in [-0.1, -0.05) is 32.9 Å². The average molecular weight is 343 g/mol. The Labute approximate surface area is 146 Å². The topological polar surface area (TPSA) is 94.4 Å². The van der Waals surface area contributed by atoms with Crippen molar-refractivity contribution >= 4 is 23.2 Å². The summed E-state index contributed by atoms with van der Waals surface area (Å²) in [7, 11) is 0. The number of rotatable bonds is 5. The first-order valence-electron chi connectivity index (χ1n) is 7.82. The van der Waals surface area contributed by atoms with E-state index >= 15 is 0 Å². The lowest BCUT2D eigenvalue weighted by atomic mass is 9.91. The van der Waals surface area contributed by atoms with Gasteiger partial charge in [-0.25, -0.2) is 4.98 Å². The average Bonchev–Trinajstić information content (AvgIpc) is 2.53. The van der Waals surface area contributed by atoms with Crippen LogP contribution < -0.4 is 5.32 Å². The highest BCUT2D eigenvalue weighted by Gasteiger charge is 2.22. The summed E-state index contributed by atoms with van der Waals surface area (Å²) in [5, 5.41) is 14.3. The molecule has 2 rings (SSSR count). The number of carbonyl (C=O) groups is 1. The van der Waals surface area contributed by atoms with Gasteiger partial charge in [-0.2, -0.15) is 0 Å². The van der Waals surface area contributed by atoms with Crippen molar-refractivity contribution in [3.05, 3.63) is 57.8 Å². The summed E-state index contributed by atoms with van der Waals surface area (Å²) in [5.74, 6) is -0.147. The van der Waals surface area contributed by atoms with Crippen LogP contribution in [0.25, 0.3) is 0 Å². The van der Waals surface area contributed by atoms with Crippen LogP contribution in [0.15, 0.2) is 36.4 Å². The molecule has 2 aromatic rings. The number of ether oxygens (including phenoxy) is 1. The molecule has 0 aliphatic heterocycles. The Hall–Kier alpha value is -2.96. The zero-order chi connectivity index (χ0) is 18.6. The largest absolute Gasteiger partial charge is 0.461 e. The molecule has 1 N–H and O–H groups in total. The predicted molar refractivity (Wildman–Crippen MR) is 94.8 cm³/mol. The number of nitrogens with one attached hydrogen (secondary N) is 1. The molecule has 0 saturated carbocycles. The van der Waals surface area contributed by atoms with Gasteiger partial charge in [-0.05, 0) is 23.8 Å². The Morgan fingerprint density at radius 1 is 1.20 bits per heavy atom. The molecule has 0 atom stereocenters. The SMILES string of the molecule is CC(=O)OCc1ccc(Nc2nc(C(C)(C)C)ccc2[N+](=O)[O-])cc1. The highest BCUT2D eigenvalue weighted by atomic mass is 16.6. The molecule has 0 fully saturated rings. The fourth-order valence-corrected chi connectivity index (χ4v) is 2.11. The first kappa shape index (κ1) is 18.4. The van der Waals surface area contributed by atoms with Gasteiger partial charge >= 0.3 is 11.7 Å². The van der Waals surface area contributed by atoms with Gasteiger partial charge in [0.15, 0.2) is 0 Å². The summed E-state index contributed by atoms with van der Waals surface area (Å²) in [5.41, 5.74) is 1.93. The number of hydrogen-bond acceptors (Lipinski definition) is 6. The second-order valence-corrected chi connectivity index (χ2v) is 6.67. The number of esters is 1. The Morgan fingerprint density at radius 2 is 1.84 bits per heavy atom. The van der Waals surface area contributed by atoms with E-state index in [1.807, 2.05) is 20.8 Å². The second kappa shape index (κ2) is 7.29. The maximum absolute atomic E-state index is 11.3. The molecule has 1 aromatic heterocycles. The molecule has 1 aromatic carbocycles. The molecule has 25 heavy (non-hydrogen) atoms. The Kier molecular flexibility index (Phi) is 5.36. The number of aromatic nitrogens is 1. The standard InChI is InChI=1S/C18H21N3O4/c1-12(22)25-11-13-5-7-14(8-6-13)19-17-15(21(23)24)9-10-16(20-17)18(2,3)4/h5-10H,11H2,1-4H3,(H,19,20). The van der Waals surface area contributed by atoms with E-state index in [1.165, 1.54) is 13.0 Å². The molecule has 0 saturated heterocycles.